The maximum atomic E-state index is 12.3. The molecule has 7 heteroatoms. The molecular weight excluding hydrogens is 390 g/mol. The minimum absolute atomic E-state index is 0.00353. The standard InChI is InChI=1S/C18H18BrNO5/c1-3-7-24-17(22)15(21)10-13-12-9-11(19)5-6-14(12)20-16(13)18(23)25-8-4-2/h3-6,9,15,20-21H,1-2,7-8,10H2. The minimum atomic E-state index is -1.41. The normalized spacial score (nSPS) is 11.8. The third-order valence-electron chi connectivity index (χ3n) is 3.42. The van der Waals surface area contributed by atoms with Crippen LogP contribution in [0.15, 0.2) is 48.0 Å². The Kier molecular flexibility index (Phi) is 6.55. The SMILES string of the molecule is C=CCOC(=O)c1[nH]c2ccc(Br)cc2c1CC(O)C(=O)OCC=C. The van der Waals surface area contributed by atoms with Crippen molar-refractivity contribution in [3.8, 4) is 0 Å². The maximum Gasteiger partial charge on any atom is 0.355 e. The summed E-state index contributed by atoms with van der Waals surface area (Å²) in [7, 11) is 0. The van der Waals surface area contributed by atoms with E-state index >= 15 is 0 Å². The van der Waals surface area contributed by atoms with Crippen LogP contribution in [-0.2, 0) is 20.7 Å². The molecule has 25 heavy (non-hydrogen) atoms. The van der Waals surface area contributed by atoms with Crippen molar-refractivity contribution in [3.63, 3.8) is 0 Å². The van der Waals surface area contributed by atoms with Crippen LogP contribution in [0.3, 0.4) is 0 Å². The Bertz CT molecular complexity index is 811. The molecule has 0 saturated heterocycles. The van der Waals surface area contributed by atoms with Gasteiger partial charge in [-0.25, -0.2) is 9.59 Å². The number of hydrogen-bond donors (Lipinski definition) is 2. The topological polar surface area (TPSA) is 88.6 Å². The summed E-state index contributed by atoms with van der Waals surface area (Å²) in [6.07, 6.45) is 1.36. The van der Waals surface area contributed by atoms with E-state index in [1.807, 2.05) is 6.07 Å². The fraction of sp³-hybridized carbons (Fsp3) is 0.222. The number of esters is 2. The van der Waals surface area contributed by atoms with Crippen molar-refractivity contribution in [2.75, 3.05) is 13.2 Å². The summed E-state index contributed by atoms with van der Waals surface area (Å²) in [5, 5.41) is 10.8. The average molecular weight is 408 g/mol. The molecular formula is C18H18BrNO5. The van der Waals surface area contributed by atoms with Crippen LogP contribution in [0.5, 0.6) is 0 Å². The zero-order chi connectivity index (χ0) is 18.4. The largest absolute Gasteiger partial charge is 0.460 e. The van der Waals surface area contributed by atoms with Crippen LogP contribution in [0.25, 0.3) is 10.9 Å². The summed E-state index contributed by atoms with van der Waals surface area (Å²) in [4.78, 5) is 27.1. The number of carbonyl (C=O) groups excluding carboxylic acids is 2. The Balaban J connectivity index is 2.38. The number of benzene rings is 1. The molecule has 2 aromatic rings. The van der Waals surface area contributed by atoms with E-state index in [0.29, 0.717) is 16.5 Å². The number of H-pyrrole nitrogens is 1. The van der Waals surface area contributed by atoms with Gasteiger partial charge in [0.05, 0.1) is 0 Å². The lowest BCUT2D eigenvalue weighted by Gasteiger charge is -2.11. The lowest BCUT2D eigenvalue weighted by molar-refractivity contribution is -0.152. The van der Waals surface area contributed by atoms with Gasteiger partial charge in [0.25, 0.3) is 0 Å². The second-order valence-corrected chi connectivity index (χ2v) is 6.11. The summed E-state index contributed by atoms with van der Waals surface area (Å²) in [5.74, 6) is -1.37. The van der Waals surface area contributed by atoms with E-state index in [1.54, 1.807) is 12.1 Å². The molecule has 0 aliphatic rings. The molecule has 0 aliphatic heterocycles. The van der Waals surface area contributed by atoms with E-state index in [0.717, 1.165) is 4.47 Å². The summed E-state index contributed by atoms with van der Waals surface area (Å²) in [5.41, 5.74) is 1.36. The van der Waals surface area contributed by atoms with Crippen LogP contribution in [0.1, 0.15) is 16.1 Å². The average Bonchev–Trinajstić information content (AvgIpc) is 2.95. The monoisotopic (exact) mass is 407 g/mol. The van der Waals surface area contributed by atoms with Crippen molar-refractivity contribution in [2.45, 2.75) is 12.5 Å². The zero-order valence-electron chi connectivity index (χ0n) is 13.5. The van der Waals surface area contributed by atoms with E-state index in [9.17, 15) is 14.7 Å². The maximum absolute atomic E-state index is 12.3. The first-order chi connectivity index (χ1) is 12.0. The van der Waals surface area contributed by atoms with Gasteiger partial charge in [0.1, 0.15) is 18.9 Å². The van der Waals surface area contributed by atoms with Gasteiger partial charge >= 0.3 is 11.9 Å². The fourth-order valence-electron chi connectivity index (χ4n) is 2.33. The van der Waals surface area contributed by atoms with Crippen molar-refractivity contribution in [2.24, 2.45) is 0 Å². The van der Waals surface area contributed by atoms with E-state index < -0.39 is 18.0 Å². The number of fused-ring (bicyclic) bond motifs is 1. The van der Waals surface area contributed by atoms with E-state index in [4.69, 9.17) is 9.47 Å². The Hall–Kier alpha value is -2.38. The molecule has 0 spiro atoms. The minimum Gasteiger partial charge on any atom is -0.460 e. The van der Waals surface area contributed by atoms with Crippen LogP contribution in [-0.4, -0.2) is 41.3 Å². The number of hydrogen-bond acceptors (Lipinski definition) is 5. The first-order valence-electron chi connectivity index (χ1n) is 7.51. The molecule has 0 bridgehead atoms. The number of aromatic amines is 1. The lowest BCUT2D eigenvalue weighted by atomic mass is 10.0. The second kappa shape index (κ2) is 8.64. The Labute approximate surface area is 153 Å². The fourth-order valence-corrected chi connectivity index (χ4v) is 2.69. The summed E-state index contributed by atoms with van der Waals surface area (Å²) >= 11 is 3.38. The van der Waals surface area contributed by atoms with Crippen LogP contribution in [0.2, 0.25) is 0 Å². The van der Waals surface area contributed by atoms with Crippen LogP contribution < -0.4 is 0 Å². The van der Waals surface area contributed by atoms with Crippen LogP contribution in [0, 0.1) is 0 Å². The number of carbonyl (C=O) groups is 2. The molecule has 1 atom stereocenters. The molecule has 2 N–H and O–H groups in total. The van der Waals surface area contributed by atoms with Gasteiger partial charge < -0.3 is 19.6 Å². The van der Waals surface area contributed by atoms with Gasteiger partial charge in [-0.2, -0.15) is 0 Å². The summed E-state index contributed by atoms with van der Waals surface area (Å²) < 4.78 is 10.7. The molecule has 0 amide bonds. The van der Waals surface area contributed by atoms with Crippen LogP contribution >= 0.6 is 15.9 Å². The lowest BCUT2D eigenvalue weighted by Crippen LogP contribution is -2.26. The number of halogens is 1. The smallest absolute Gasteiger partial charge is 0.355 e. The van der Waals surface area contributed by atoms with Gasteiger partial charge in [-0.15, -0.1) is 0 Å². The number of aliphatic hydroxyl groups is 1. The van der Waals surface area contributed by atoms with Crippen molar-refractivity contribution >= 4 is 38.8 Å². The van der Waals surface area contributed by atoms with Gasteiger partial charge in [-0.1, -0.05) is 41.2 Å². The third-order valence-corrected chi connectivity index (χ3v) is 3.91. The summed E-state index contributed by atoms with van der Waals surface area (Å²) in [6, 6.07) is 5.40. The molecule has 0 radical (unpaired) electrons. The molecule has 1 aromatic carbocycles. The Morgan fingerprint density at radius 1 is 1.24 bits per heavy atom. The van der Waals surface area contributed by atoms with Crippen LogP contribution in [0.4, 0.5) is 0 Å². The molecule has 0 fully saturated rings. The second-order valence-electron chi connectivity index (χ2n) is 5.19. The Morgan fingerprint density at radius 2 is 1.92 bits per heavy atom. The predicted octanol–water partition coefficient (Wildman–Crippen LogP) is 2.91. The predicted molar refractivity (Wildman–Crippen MR) is 97.3 cm³/mol. The number of aliphatic hydroxyl groups excluding tert-OH is 1. The number of aromatic nitrogens is 1. The van der Waals surface area contributed by atoms with Crippen molar-refractivity contribution in [3.05, 3.63) is 59.2 Å². The van der Waals surface area contributed by atoms with Gasteiger partial charge in [0.15, 0.2) is 6.10 Å². The Morgan fingerprint density at radius 3 is 2.60 bits per heavy atom. The molecule has 1 unspecified atom stereocenters. The molecule has 6 nitrogen and oxygen atoms in total. The van der Waals surface area contributed by atoms with E-state index in [1.165, 1.54) is 12.2 Å². The van der Waals surface area contributed by atoms with Gasteiger partial charge in [0, 0.05) is 21.8 Å². The van der Waals surface area contributed by atoms with Crippen molar-refractivity contribution in [1.82, 2.24) is 4.98 Å². The quantitative estimate of drug-likeness (QED) is 0.518. The number of ether oxygens (including phenoxy) is 2. The zero-order valence-corrected chi connectivity index (χ0v) is 15.0. The molecule has 132 valence electrons. The summed E-state index contributed by atoms with van der Waals surface area (Å²) in [6.45, 7) is 7.01. The van der Waals surface area contributed by atoms with Crippen molar-refractivity contribution < 1.29 is 24.2 Å². The first-order valence-corrected chi connectivity index (χ1v) is 8.31. The van der Waals surface area contributed by atoms with Crippen molar-refractivity contribution in [1.29, 1.82) is 0 Å². The first kappa shape index (κ1) is 19.0. The van der Waals surface area contributed by atoms with E-state index in [-0.39, 0.29) is 25.3 Å². The van der Waals surface area contributed by atoms with Gasteiger partial charge in [-0.05, 0) is 23.8 Å². The third kappa shape index (κ3) is 4.58. The van der Waals surface area contributed by atoms with E-state index in [2.05, 4.69) is 34.1 Å². The highest BCUT2D eigenvalue weighted by Gasteiger charge is 2.25. The number of rotatable bonds is 8. The van der Waals surface area contributed by atoms with Gasteiger partial charge in [0.2, 0.25) is 0 Å². The highest BCUT2D eigenvalue weighted by Crippen LogP contribution is 2.27. The number of nitrogens with one attached hydrogen (secondary N) is 1. The highest BCUT2D eigenvalue weighted by atomic mass is 79.9. The molecule has 0 aliphatic carbocycles. The molecule has 2 rings (SSSR count). The molecule has 1 aromatic heterocycles. The van der Waals surface area contributed by atoms with Gasteiger partial charge in [-0.3, -0.25) is 0 Å². The molecule has 1 heterocycles. The highest BCUT2D eigenvalue weighted by molar-refractivity contribution is 9.10. The molecule has 0 saturated carbocycles.